The van der Waals surface area contributed by atoms with Crippen LogP contribution < -0.4 is 5.32 Å². The number of rotatable bonds is 6. The zero-order valence-electron chi connectivity index (χ0n) is 14.1. The van der Waals surface area contributed by atoms with E-state index in [4.69, 9.17) is 0 Å². The number of hydrogen-bond donors (Lipinski definition) is 1. The van der Waals surface area contributed by atoms with Gasteiger partial charge in [-0.15, -0.1) is 22.7 Å². The highest BCUT2D eigenvalue weighted by Crippen LogP contribution is 2.27. The van der Waals surface area contributed by atoms with Gasteiger partial charge in [-0.2, -0.15) is 0 Å². The van der Waals surface area contributed by atoms with E-state index >= 15 is 0 Å². The lowest BCUT2D eigenvalue weighted by molar-refractivity contribution is 0.0947. The molecule has 0 fully saturated rings. The van der Waals surface area contributed by atoms with Crippen LogP contribution >= 0.6 is 22.7 Å². The van der Waals surface area contributed by atoms with E-state index in [9.17, 15) is 9.59 Å². The highest BCUT2D eigenvalue weighted by Gasteiger charge is 2.20. The van der Waals surface area contributed by atoms with Gasteiger partial charge < -0.3 is 5.32 Å². The fourth-order valence-electron chi connectivity index (χ4n) is 2.57. The Morgan fingerprint density at radius 3 is 2.32 bits per heavy atom. The Bertz CT molecular complexity index is 864. The van der Waals surface area contributed by atoms with Gasteiger partial charge in [0.1, 0.15) is 0 Å². The Hall–Kier alpha value is -2.24. The minimum Gasteiger partial charge on any atom is -0.340 e. The summed E-state index contributed by atoms with van der Waals surface area (Å²) in [6.07, 6.45) is 0.985. The summed E-state index contributed by atoms with van der Waals surface area (Å²) in [5.74, 6) is -0.176. The molecule has 5 heteroatoms. The van der Waals surface area contributed by atoms with Crippen LogP contribution in [0, 0.1) is 0 Å². The van der Waals surface area contributed by atoms with Crippen molar-refractivity contribution in [1.29, 1.82) is 0 Å². The molecule has 1 amide bonds. The van der Waals surface area contributed by atoms with Gasteiger partial charge in [0.2, 0.25) is 0 Å². The van der Waals surface area contributed by atoms with E-state index in [1.165, 1.54) is 23.8 Å². The molecule has 1 aromatic carbocycles. The second-order valence-corrected chi connectivity index (χ2v) is 7.80. The predicted octanol–water partition coefficient (Wildman–Crippen LogP) is 5.09. The van der Waals surface area contributed by atoms with Crippen LogP contribution in [0.15, 0.2) is 53.9 Å². The van der Waals surface area contributed by atoms with Crippen LogP contribution in [-0.4, -0.2) is 11.7 Å². The highest BCUT2D eigenvalue weighted by molar-refractivity contribution is 7.16. The molecular weight excluding hydrogens is 350 g/mol. The van der Waals surface area contributed by atoms with Crippen LogP contribution in [0.2, 0.25) is 0 Å². The molecule has 0 saturated heterocycles. The van der Waals surface area contributed by atoms with E-state index in [0.29, 0.717) is 9.75 Å². The van der Waals surface area contributed by atoms with Crippen molar-refractivity contribution in [3.63, 3.8) is 0 Å². The van der Waals surface area contributed by atoms with Gasteiger partial charge in [0, 0.05) is 4.88 Å². The van der Waals surface area contributed by atoms with Crippen LogP contribution in [0.4, 0.5) is 0 Å². The SMILES string of the molecule is CCc1ccc(C(NC(=O)c2ccc(C(C)=O)s2)c2cccs2)cc1. The number of ketones is 1. The summed E-state index contributed by atoms with van der Waals surface area (Å²) in [4.78, 5) is 26.4. The summed E-state index contributed by atoms with van der Waals surface area (Å²) in [5, 5.41) is 5.12. The van der Waals surface area contributed by atoms with Crippen molar-refractivity contribution in [1.82, 2.24) is 5.32 Å². The maximum Gasteiger partial charge on any atom is 0.262 e. The van der Waals surface area contributed by atoms with Crippen molar-refractivity contribution >= 4 is 34.4 Å². The molecule has 2 heterocycles. The Morgan fingerprint density at radius 1 is 1.04 bits per heavy atom. The highest BCUT2D eigenvalue weighted by atomic mass is 32.1. The zero-order chi connectivity index (χ0) is 17.8. The number of thiophene rings is 2. The third-order valence-corrected chi connectivity index (χ3v) is 6.12. The molecule has 1 atom stereocenters. The number of nitrogens with one attached hydrogen (secondary N) is 1. The molecule has 25 heavy (non-hydrogen) atoms. The summed E-state index contributed by atoms with van der Waals surface area (Å²) in [6, 6.07) is 15.6. The number of Topliss-reactive ketones (excluding diaryl/α,β-unsaturated/α-hetero) is 1. The normalized spacial score (nSPS) is 11.9. The first kappa shape index (κ1) is 17.6. The molecule has 1 N–H and O–H groups in total. The number of aryl methyl sites for hydroxylation is 1. The fraction of sp³-hybridized carbons (Fsp3) is 0.200. The lowest BCUT2D eigenvalue weighted by Crippen LogP contribution is -2.28. The number of carbonyl (C=O) groups is 2. The van der Waals surface area contributed by atoms with E-state index in [1.807, 2.05) is 17.5 Å². The molecule has 128 valence electrons. The molecule has 0 radical (unpaired) electrons. The number of benzene rings is 1. The van der Waals surface area contributed by atoms with Gasteiger partial charge in [0.15, 0.2) is 5.78 Å². The monoisotopic (exact) mass is 369 g/mol. The maximum atomic E-state index is 12.7. The molecule has 2 aromatic heterocycles. The molecular formula is C20H19NO2S2. The van der Waals surface area contributed by atoms with Crippen LogP contribution in [0.3, 0.4) is 0 Å². The quantitative estimate of drug-likeness (QED) is 0.615. The van der Waals surface area contributed by atoms with E-state index in [2.05, 4.69) is 36.5 Å². The summed E-state index contributed by atoms with van der Waals surface area (Å²) in [7, 11) is 0. The van der Waals surface area contributed by atoms with Gasteiger partial charge >= 0.3 is 0 Å². The van der Waals surface area contributed by atoms with E-state index in [1.54, 1.807) is 23.5 Å². The number of carbonyl (C=O) groups excluding carboxylic acids is 2. The Morgan fingerprint density at radius 2 is 1.76 bits per heavy atom. The predicted molar refractivity (Wildman–Crippen MR) is 104 cm³/mol. The molecule has 0 saturated carbocycles. The molecule has 0 bridgehead atoms. The van der Waals surface area contributed by atoms with E-state index < -0.39 is 0 Å². The van der Waals surface area contributed by atoms with Crippen molar-refractivity contribution in [3.05, 3.63) is 79.7 Å². The minimum atomic E-state index is -0.193. The molecule has 3 rings (SSSR count). The van der Waals surface area contributed by atoms with E-state index in [0.717, 1.165) is 16.9 Å². The second-order valence-electron chi connectivity index (χ2n) is 5.74. The third-order valence-electron chi connectivity index (χ3n) is 4.00. The van der Waals surface area contributed by atoms with Crippen LogP contribution in [-0.2, 0) is 6.42 Å². The molecule has 3 nitrogen and oxygen atoms in total. The first-order chi connectivity index (χ1) is 12.1. The summed E-state index contributed by atoms with van der Waals surface area (Å²) in [6.45, 7) is 3.63. The van der Waals surface area contributed by atoms with Crippen molar-refractivity contribution in [2.75, 3.05) is 0 Å². The topological polar surface area (TPSA) is 46.2 Å². The average Bonchev–Trinajstić information content (AvgIpc) is 3.31. The lowest BCUT2D eigenvalue weighted by Gasteiger charge is -2.18. The van der Waals surface area contributed by atoms with Crippen LogP contribution in [0.5, 0.6) is 0 Å². The van der Waals surface area contributed by atoms with Crippen LogP contribution in [0.1, 0.15) is 55.2 Å². The van der Waals surface area contributed by atoms with Crippen LogP contribution in [0.25, 0.3) is 0 Å². The van der Waals surface area contributed by atoms with E-state index in [-0.39, 0.29) is 17.7 Å². The van der Waals surface area contributed by atoms with Gasteiger partial charge in [-0.25, -0.2) is 0 Å². The van der Waals surface area contributed by atoms with Gasteiger partial charge in [-0.3, -0.25) is 9.59 Å². The Labute approximate surface area is 155 Å². The molecule has 1 unspecified atom stereocenters. The Balaban J connectivity index is 1.86. The second kappa shape index (κ2) is 7.76. The zero-order valence-corrected chi connectivity index (χ0v) is 15.7. The molecule has 0 aliphatic carbocycles. The van der Waals surface area contributed by atoms with Crippen molar-refractivity contribution < 1.29 is 9.59 Å². The van der Waals surface area contributed by atoms with Gasteiger partial charge in [-0.1, -0.05) is 37.3 Å². The standard InChI is InChI=1S/C20H19NO2S2/c1-3-14-6-8-15(9-7-14)19(17-5-4-12-24-17)21-20(23)18-11-10-16(25-18)13(2)22/h4-12,19H,3H2,1-2H3,(H,21,23). The maximum absolute atomic E-state index is 12.7. The van der Waals surface area contributed by atoms with Crippen molar-refractivity contribution in [3.8, 4) is 0 Å². The Kier molecular flexibility index (Phi) is 5.46. The first-order valence-electron chi connectivity index (χ1n) is 8.12. The fourth-order valence-corrected chi connectivity index (χ4v) is 4.18. The van der Waals surface area contributed by atoms with Gasteiger partial charge in [0.05, 0.1) is 15.8 Å². The van der Waals surface area contributed by atoms with Gasteiger partial charge in [-0.05, 0) is 48.1 Å². The molecule has 0 aliphatic rings. The molecule has 3 aromatic rings. The molecule has 0 aliphatic heterocycles. The first-order valence-corrected chi connectivity index (χ1v) is 9.82. The van der Waals surface area contributed by atoms with Gasteiger partial charge in [0.25, 0.3) is 5.91 Å². The summed E-state index contributed by atoms with van der Waals surface area (Å²) < 4.78 is 0. The van der Waals surface area contributed by atoms with Crippen molar-refractivity contribution in [2.24, 2.45) is 0 Å². The summed E-state index contributed by atoms with van der Waals surface area (Å²) in [5.41, 5.74) is 2.32. The minimum absolute atomic E-state index is 0.0194. The smallest absolute Gasteiger partial charge is 0.262 e. The third kappa shape index (κ3) is 4.06. The largest absolute Gasteiger partial charge is 0.340 e. The average molecular weight is 370 g/mol. The number of amides is 1. The number of hydrogen-bond acceptors (Lipinski definition) is 4. The lowest BCUT2D eigenvalue weighted by atomic mass is 10.0. The molecule has 0 spiro atoms. The summed E-state index contributed by atoms with van der Waals surface area (Å²) >= 11 is 2.85. The van der Waals surface area contributed by atoms with Crippen molar-refractivity contribution in [2.45, 2.75) is 26.3 Å².